The zero-order valence-electron chi connectivity index (χ0n) is 5.60. The van der Waals surface area contributed by atoms with Gasteiger partial charge < -0.3 is 3.88 Å². The van der Waals surface area contributed by atoms with E-state index in [1.54, 1.807) is 0 Å². The molecule has 0 rings (SSSR count). The summed E-state index contributed by atoms with van der Waals surface area (Å²) in [6.45, 7) is 1.09. The van der Waals surface area contributed by atoms with Crippen molar-refractivity contribution in [2.75, 3.05) is 27.8 Å². The number of nitrogens with zero attached hydrogens (tertiary/aromatic N) is 2. The van der Waals surface area contributed by atoms with Crippen LogP contribution in [0.25, 0.3) is 0 Å². The Labute approximate surface area is 53.7 Å². The van der Waals surface area contributed by atoms with Gasteiger partial charge in [0.2, 0.25) is 0 Å². The third kappa shape index (κ3) is 6.45. The number of hydrogen-bond donors (Lipinski definition) is 0. The summed E-state index contributed by atoms with van der Waals surface area (Å²) in [4.78, 5) is 2.16. The average Bonchev–Trinajstić information content (AvgIpc) is 1.27. The summed E-state index contributed by atoms with van der Waals surface area (Å²) in [6.07, 6.45) is 0. The first-order chi connectivity index (χ1) is 3.13. The molecule has 0 atom stereocenters. The summed E-state index contributed by atoms with van der Waals surface area (Å²) in [5.41, 5.74) is 0. The second-order valence-electron chi connectivity index (χ2n) is 2.30. The molecule has 0 saturated heterocycles. The van der Waals surface area contributed by atoms with E-state index < -0.39 is 0 Å². The molecule has 0 spiro atoms. The molecule has 3 heteroatoms. The molecule has 0 aliphatic heterocycles. The van der Waals surface area contributed by atoms with Crippen LogP contribution in [0.4, 0.5) is 0 Å². The lowest BCUT2D eigenvalue weighted by atomic mass is 10.9. The Bertz CT molecular complexity index is 39.0. The van der Waals surface area contributed by atoms with Gasteiger partial charge in [0.05, 0.1) is 0 Å². The highest BCUT2D eigenvalue weighted by atomic mass is 27.1. The van der Waals surface area contributed by atoms with E-state index in [1.165, 1.54) is 0 Å². The van der Waals surface area contributed by atoms with Gasteiger partial charge in [0.15, 0.2) is 0 Å². The first-order valence-electron chi connectivity index (χ1n) is 2.42. The van der Waals surface area contributed by atoms with Gasteiger partial charge in [-0.1, -0.05) is 0 Å². The van der Waals surface area contributed by atoms with E-state index in [-0.39, 0.29) is 0 Å². The molecule has 0 fully saturated rings. The van der Waals surface area contributed by atoms with Crippen LogP contribution in [0.5, 0.6) is 0 Å². The summed E-state index contributed by atoms with van der Waals surface area (Å²) in [6, 6.07) is 0. The normalized spacial score (nSPS) is 11.0. The summed E-state index contributed by atoms with van der Waals surface area (Å²) in [5.74, 6) is 0. The second kappa shape index (κ2) is 3.45. The van der Waals surface area contributed by atoms with Crippen molar-refractivity contribution in [3.05, 3.63) is 0 Å². The van der Waals surface area contributed by atoms with Crippen molar-refractivity contribution in [3.63, 3.8) is 0 Å². The zero-order valence-corrected chi connectivity index (χ0v) is 7.60. The van der Waals surface area contributed by atoms with E-state index in [0.29, 0.717) is 0 Å². The maximum atomic E-state index is 2.26. The van der Waals surface area contributed by atoms with E-state index in [2.05, 4.69) is 29.9 Å². The molecule has 0 aliphatic rings. The van der Waals surface area contributed by atoms with E-state index in [0.717, 1.165) is 23.2 Å². The van der Waals surface area contributed by atoms with Crippen LogP contribution in [0.3, 0.4) is 0 Å². The Hall–Kier alpha value is 0.452. The average molecular weight is 116 g/mol. The first-order valence-corrected chi connectivity index (χ1v) is 3.32. The monoisotopic (exact) mass is 116 g/mol. The van der Waals surface area contributed by atoms with Gasteiger partial charge in [-0.05, 0) is 21.1 Å². The lowest BCUT2D eigenvalue weighted by molar-refractivity contribution is 0.304. The quantitative estimate of drug-likeness (QED) is 0.337. The predicted molar refractivity (Wildman–Crippen MR) is 34.9 cm³/mol. The number of rotatable bonds is 2. The molecule has 0 aromatic heterocycles. The standard InChI is InChI=1S/C4H11N2.Al.2H/c1-5-4-6(2)3;;;/h4H2,1-3H3;;;/q-1;+1;;. The minimum absolute atomic E-state index is 1.09. The Morgan fingerprint density at radius 1 is 1.29 bits per heavy atom. The van der Waals surface area contributed by atoms with E-state index in [9.17, 15) is 0 Å². The molecule has 0 bridgehead atoms. The van der Waals surface area contributed by atoms with Crippen molar-refractivity contribution in [2.24, 2.45) is 0 Å². The van der Waals surface area contributed by atoms with Crippen molar-refractivity contribution in [1.82, 2.24) is 8.78 Å². The summed E-state index contributed by atoms with van der Waals surface area (Å²) in [5, 5.41) is 0. The molecule has 0 aliphatic carbocycles. The van der Waals surface area contributed by atoms with Crippen molar-refractivity contribution in [1.29, 1.82) is 0 Å². The van der Waals surface area contributed by atoms with Gasteiger partial charge in [-0.2, -0.15) is 0 Å². The van der Waals surface area contributed by atoms with Crippen LogP contribution in [0.1, 0.15) is 0 Å². The van der Waals surface area contributed by atoms with Crippen LogP contribution in [0.2, 0.25) is 0 Å². The molecule has 42 valence electrons. The summed E-state index contributed by atoms with van der Waals surface area (Å²) < 4.78 is 2.26. The molecule has 2 nitrogen and oxygen atoms in total. The first kappa shape index (κ1) is 7.45. The van der Waals surface area contributed by atoms with Gasteiger partial charge in [0.1, 0.15) is 0 Å². The molecule has 0 saturated carbocycles. The molecular weight excluding hydrogens is 103 g/mol. The van der Waals surface area contributed by atoms with Crippen LogP contribution in [0.15, 0.2) is 0 Å². The predicted octanol–water partition coefficient (Wildman–Crippen LogP) is -1.01. The number of hydrogen-bond acceptors (Lipinski definition) is 2. The van der Waals surface area contributed by atoms with Crippen LogP contribution >= 0.6 is 0 Å². The second-order valence-corrected chi connectivity index (χ2v) is 3.83. The molecule has 0 aromatic rings. The van der Waals surface area contributed by atoms with Crippen molar-refractivity contribution in [2.45, 2.75) is 0 Å². The highest BCUT2D eigenvalue weighted by molar-refractivity contribution is 6.04. The Morgan fingerprint density at radius 2 is 1.71 bits per heavy atom. The van der Waals surface area contributed by atoms with Crippen LogP contribution in [0, 0.1) is 0 Å². The van der Waals surface area contributed by atoms with Gasteiger partial charge in [0, 0.05) is 6.67 Å². The maximum absolute atomic E-state index is 2.26. The fraction of sp³-hybridized carbons (Fsp3) is 1.00. The zero-order chi connectivity index (χ0) is 5.86. The molecule has 0 aromatic carbocycles. The molecule has 0 unspecified atom stereocenters. The highest BCUT2D eigenvalue weighted by Crippen LogP contribution is 1.73. The topological polar surface area (TPSA) is 6.48 Å². The third-order valence-electron chi connectivity index (χ3n) is 0.566. The van der Waals surface area contributed by atoms with Gasteiger partial charge >= 0.3 is 16.5 Å². The minimum atomic E-state index is 1.09. The summed E-state index contributed by atoms with van der Waals surface area (Å²) in [7, 11) is 6.27. The third-order valence-corrected chi connectivity index (χ3v) is 0.849. The van der Waals surface area contributed by atoms with Crippen molar-refractivity contribution in [3.8, 4) is 0 Å². The molecule has 0 radical (unpaired) electrons. The molecule has 0 amide bonds. The largest absolute Gasteiger partial charge is 0.381 e. The lowest BCUT2D eigenvalue weighted by Crippen LogP contribution is -2.27. The SMILES string of the molecule is CN(C)C[N](C)[AlH2]. The lowest BCUT2D eigenvalue weighted by Gasteiger charge is -2.16. The maximum Gasteiger partial charge on any atom is 0.323 e. The van der Waals surface area contributed by atoms with Gasteiger partial charge in [-0.25, -0.2) is 0 Å². The van der Waals surface area contributed by atoms with Crippen LogP contribution < -0.4 is 0 Å². The van der Waals surface area contributed by atoms with Crippen LogP contribution in [-0.4, -0.2) is 53.1 Å². The molecule has 0 N–H and O–H groups in total. The smallest absolute Gasteiger partial charge is 0.323 e. The van der Waals surface area contributed by atoms with E-state index >= 15 is 0 Å². The molecule has 7 heavy (non-hydrogen) atoms. The Balaban J connectivity index is 2.95. The van der Waals surface area contributed by atoms with Crippen LogP contribution in [-0.2, 0) is 0 Å². The van der Waals surface area contributed by atoms with Crippen molar-refractivity contribution < 1.29 is 0 Å². The molecular formula is C4H13AlN2. The summed E-state index contributed by atoms with van der Waals surface area (Å²) >= 11 is 1.16. The van der Waals surface area contributed by atoms with Gasteiger partial charge in [-0.3, -0.25) is 4.90 Å². The van der Waals surface area contributed by atoms with Gasteiger partial charge in [0.25, 0.3) is 0 Å². The van der Waals surface area contributed by atoms with Crippen molar-refractivity contribution >= 4 is 16.5 Å². The fourth-order valence-corrected chi connectivity index (χ4v) is 1.13. The van der Waals surface area contributed by atoms with Gasteiger partial charge in [-0.15, -0.1) is 0 Å². The Kier molecular flexibility index (Phi) is 3.68. The van der Waals surface area contributed by atoms with E-state index in [1.807, 2.05) is 0 Å². The minimum Gasteiger partial charge on any atom is -0.381 e. The van der Waals surface area contributed by atoms with E-state index in [4.69, 9.17) is 0 Å². The molecule has 0 heterocycles. The fourth-order valence-electron chi connectivity index (χ4n) is 0.566. The highest BCUT2D eigenvalue weighted by Gasteiger charge is 1.87. The Morgan fingerprint density at radius 3 is 1.71 bits per heavy atom.